The van der Waals surface area contributed by atoms with Crippen molar-refractivity contribution in [1.29, 1.82) is 0 Å². The summed E-state index contributed by atoms with van der Waals surface area (Å²) in [5, 5.41) is 17.5. The second-order valence-corrected chi connectivity index (χ2v) is 9.79. The normalized spacial score (nSPS) is 11.8. The van der Waals surface area contributed by atoms with Crippen LogP contribution in [0.5, 0.6) is 0 Å². The van der Waals surface area contributed by atoms with Gasteiger partial charge in [0.15, 0.2) is 9.47 Å². The van der Waals surface area contributed by atoms with Crippen LogP contribution in [-0.2, 0) is 11.3 Å². The van der Waals surface area contributed by atoms with E-state index >= 15 is 0 Å². The summed E-state index contributed by atoms with van der Waals surface area (Å²) in [6, 6.07) is 20.0. The van der Waals surface area contributed by atoms with Gasteiger partial charge in [-0.05, 0) is 12.5 Å². The Morgan fingerprint density at radius 1 is 1.03 bits per heavy atom. The van der Waals surface area contributed by atoms with Crippen molar-refractivity contribution in [3.63, 3.8) is 0 Å². The van der Waals surface area contributed by atoms with Crippen LogP contribution in [0.2, 0.25) is 0 Å². The second-order valence-electron chi connectivity index (χ2n) is 6.37. The van der Waals surface area contributed by atoms with E-state index < -0.39 is 0 Å². The predicted molar refractivity (Wildman–Crippen MR) is 125 cm³/mol. The number of thiazole rings is 1. The van der Waals surface area contributed by atoms with Crippen molar-refractivity contribution < 1.29 is 4.79 Å². The molecule has 0 saturated carbocycles. The van der Waals surface area contributed by atoms with E-state index in [4.69, 9.17) is 0 Å². The van der Waals surface area contributed by atoms with Crippen LogP contribution in [0.4, 0.5) is 10.3 Å². The predicted octanol–water partition coefficient (Wildman–Crippen LogP) is 5.39. The van der Waals surface area contributed by atoms with Gasteiger partial charge in [-0.25, -0.2) is 4.98 Å². The monoisotopic (exact) mass is 453 g/mol. The Bertz CT molecular complexity index is 1100. The molecule has 4 rings (SSSR count). The van der Waals surface area contributed by atoms with Gasteiger partial charge in [0.05, 0.1) is 10.9 Å². The molecule has 0 saturated heterocycles. The number of aromatic nitrogens is 3. The topological polar surface area (TPSA) is 79.8 Å². The summed E-state index contributed by atoms with van der Waals surface area (Å²) < 4.78 is 0.748. The van der Waals surface area contributed by atoms with Crippen LogP contribution in [0.25, 0.3) is 11.3 Å². The third-order valence-electron chi connectivity index (χ3n) is 4.14. The van der Waals surface area contributed by atoms with Gasteiger partial charge in [0.1, 0.15) is 0 Å². The van der Waals surface area contributed by atoms with Gasteiger partial charge in [0.25, 0.3) is 0 Å². The molecule has 1 amide bonds. The van der Waals surface area contributed by atoms with Crippen LogP contribution >= 0.6 is 34.4 Å². The van der Waals surface area contributed by atoms with Crippen LogP contribution in [0.1, 0.15) is 12.5 Å². The summed E-state index contributed by atoms with van der Waals surface area (Å²) in [5.74, 6) is -0.108. The summed E-state index contributed by atoms with van der Waals surface area (Å²) >= 11 is 4.25. The molecule has 1 unspecified atom stereocenters. The average Bonchev–Trinajstić information content (AvgIpc) is 3.43. The molecule has 4 aromatic rings. The van der Waals surface area contributed by atoms with Gasteiger partial charge in [-0.2, -0.15) is 0 Å². The van der Waals surface area contributed by atoms with Gasteiger partial charge in [-0.15, -0.1) is 21.5 Å². The fourth-order valence-corrected chi connectivity index (χ4v) is 5.20. The Kier molecular flexibility index (Phi) is 6.73. The number of hydrogen-bond acceptors (Lipinski definition) is 8. The van der Waals surface area contributed by atoms with E-state index in [1.165, 1.54) is 40.0 Å². The first-order valence-corrected chi connectivity index (χ1v) is 11.8. The first-order valence-electron chi connectivity index (χ1n) is 9.27. The number of anilines is 2. The highest BCUT2D eigenvalue weighted by Gasteiger charge is 2.18. The van der Waals surface area contributed by atoms with E-state index in [9.17, 15) is 4.79 Å². The molecule has 0 fully saturated rings. The zero-order chi connectivity index (χ0) is 20.8. The summed E-state index contributed by atoms with van der Waals surface area (Å²) in [4.78, 5) is 17.1. The Morgan fingerprint density at radius 2 is 1.77 bits per heavy atom. The zero-order valence-electron chi connectivity index (χ0n) is 16.1. The fraction of sp³-hybridized carbons (Fsp3) is 0.143. The minimum atomic E-state index is -0.316. The molecule has 2 N–H and O–H groups in total. The lowest BCUT2D eigenvalue weighted by atomic mass is 10.2. The Labute approximate surface area is 186 Å². The molecular formula is C21H19N5OS3. The molecule has 6 nitrogen and oxygen atoms in total. The third kappa shape index (κ3) is 5.44. The zero-order valence-corrected chi connectivity index (χ0v) is 18.6. The highest BCUT2D eigenvalue weighted by molar-refractivity contribution is 8.02. The lowest BCUT2D eigenvalue weighted by Gasteiger charge is -2.07. The molecule has 0 spiro atoms. The third-order valence-corrected chi connectivity index (χ3v) is 6.97. The lowest BCUT2D eigenvalue weighted by Crippen LogP contribution is -2.22. The number of hydrogen-bond donors (Lipinski definition) is 2. The number of amides is 1. The van der Waals surface area contributed by atoms with Crippen molar-refractivity contribution >= 4 is 50.6 Å². The lowest BCUT2D eigenvalue weighted by molar-refractivity contribution is -0.115. The fourth-order valence-electron chi connectivity index (χ4n) is 2.59. The molecule has 9 heteroatoms. The number of carbonyl (C=O) groups excluding carboxylic acids is 1. The maximum Gasteiger partial charge on any atom is 0.239 e. The van der Waals surface area contributed by atoms with E-state index in [2.05, 4.69) is 37.9 Å². The molecule has 2 heterocycles. The summed E-state index contributed by atoms with van der Waals surface area (Å²) in [6.07, 6.45) is 0. The minimum absolute atomic E-state index is 0.108. The van der Waals surface area contributed by atoms with Crippen LogP contribution in [0.3, 0.4) is 0 Å². The molecule has 0 aliphatic carbocycles. The van der Waals surface area contributed by atoms with Crippen LogP contribution < -0.4 is 10.6 Å². The largest absolute Gasteiger partial charge is 0.356 e. The average molecular weight is 454 g/mol. The van der Waals surface area contributed by atoms with Crippen LogP contribution in [0.15, 0.2) is 70.4 Å². The molecule has 0 aliphatic rings. The maximum atomic E-state index is 12.6. The van der Waals surface area contributed by atoms with Crippen molar-refractivity contribution in [2.75, 3.05) is 10.6 Å². The molecule has 1 atom stereocenters. The number of carbonyl (C=O) groups is 1. The molecule has 152 valence electrons. The smallest absolute Gasteiger partial charge is 0.239 e. The minimum Gasteiger partial charge on any atom is -0.356 e. The highest BCUT2D eigenvalue weighted by atomic mass is 32.2. The van der Waals surface area contributed by atoms with Crippen molar-refractivity contribution in [1.82, 2.24) is 15.2 Å². The van der Waals surface area contributed by atoms with E-state index in [0.29, 0.717) is 11.7 Å². The van der Waals surface area contributed by atoms with E-state index in [1.54, 1.807) is 0 Å². The van der Waals surface area contributed by atoms with E-state index in [0.717, 1.165) is 20.7 Å². The van der Waals surface area contributed by atoms with E-state index in [1.807, 2.05) is 60.8 Å². The molecule has 2 aromatic heterocycles. The van der Waals surface area contributed by atoms with Crippen molar-refractivity contribution in [2.45, 2.75) is 23.1 Å². The van der Waals surface area contributed by atoms with Crippen molar-refractivity contribution in [3.05, 3.63) is 71.6 Å². The van der Waals surface area contributed by atoms with Gasteiger partial charge in [-0.1, -0.05) is 83.8 Å². The highest BCUT2D eigenvalue weighted by Crippen LogP contribution is 2.30. The van der Waals surface area contributed by atoms with Gasteiger partial charge in [-0.3, -0.25) is 4.79 Å². The SMILES string of the molecule is CC(Sc1nnc(NCc2ccccc2)s1)C(=O)Nc1nc(-c2ccccc2)cs1. The second kappa shape index (κ2) is 9.84. The van der Waals surface area contributed by atoms with Gasteiger partial charge in [0, 0.05) is 17.5 Å². The van der Waals surface area contributed by atoms with Crippen molar-refractivity contribution in [2.24, 2.45) is 0 Å². The first kappa shape index (κ1) is 20.5. The quantitative estimate of drug-likeness (QED) is 0.348. The number of thioether (sulfide) groups is 1. The van der Waals surface area contributed by atoms with Crippen molar-refractivity contribution in [3.8, 4) is 11.3 Å². The molecule has 0 radical (unpaired) electrons. The van der Waals surface area contributed by atoms with Crippen LogP contribution in [-0.4, -0.2) is 26.3 Å². The number of rotatable bonds is 8. The Morgan fingerprint density at radius 3 is 2.53 bits per heavy atom. The number of nitrogens with one attached hydrogen (secondary N) is 2. The number of benzene rings is 2. The molecule has 0 bridgehead atoms. The molecule has 30 heavy (non-hydrogen) atoms. The molecule has 0 aliphatic heterocycles. The molecule has 2 aromatic carbocycles. The van der Waals surface area contributed by atoms with Gasteiger partial charge in [0.2, 0.25) is 11.0 Å². The van der Waals surface area contributed by atoms with Gasteiger partial charge >= 0.3 is 0 Å². The maximum absolute atomic E-state index is 12.6. The Hall–Kier alpha value is -2.75. The summed E-state index contributed by atoms with van der Waals surface area (Å²) in [7, 11) is 0. The summed E-state index contributed by atoms with van der Waals surface area (Å²) in [5.41, 5.74) is 3.06. The van der Waals surface area contributed by atoms with Gasteiger partial charge < -0.3 is 10.6 Å². The van der Waals surface area contributed by atoms with E-state index in [-0.39, 0.29) is 11.2 Å². The number of nitrogens with zero attached hydrogens (tertiary/aromatic N) is 3. The summed E-state index contributed by atoms with van der Waals surface area (Å²) in [6.45, 7) is 2.54. The molecular weight excluding hydrogens is 434 g/mol. The first-order chi connectivity index (χ1) is 14.7. The van der Waals surface area contributed by atoms with Crippen LogP contribution in [0, 0.1) is 0 Å². The Balaban J connectivity index is 1.30. The standard InChI is InChI=1S/C21H19N5OS3/c1-14(18(27)24-20-23-17(13-28-20)16-10-6-3-7-11-16)29-21-26-25-19(30-21)22-12-15-8-4-2-5-9-15/h2-11,13-14H,12H2,1H3,(H,22,25)(H,23,24,27).